The van der Waals surface area contributed by atoms with Gasteiger partial charge in [0, 0.05) is 51.0 Å². The van der Waals surface area contributed by atoms with Gasteiger partial charge in [-0.25, -0.2) is 0 Å². The smallest absolute Gasteiger partial charge is 0.221 e. The number of hydrogen-bond acceptors (Lipinski definition) is 3. The Balaban J connectivity index is 1.22. The summed E-state index contributed by atoms with van der Waals surface area (Å²) in [7, 11) is 0. The van der Waals surface area contributed by atoms with Crippen LogP contribution < -0.4 is 10.2 Å². The molecule has 4 nitrogen and oxygen atoms in total. The molecule has 1 fully saturated rings. The number of amides is 1. The van der Waals surface area contributed by atoms with E-state index in [9.17, 15) is 4.79 Å². The third-order valence-corrected chi connectivity index (χ3v) is 6.62. The SMILES string of the molecule is CC(=O)Nc1ccc2c(c1)C(CN1CCN(c3ccc4ccccc4c3)CC1)CC2. The largest absolute Gasteiger partial charge is 0.369 e. The van der Waals surface area contributed by atoms with E-state index in [1.54, 1.807) is 6.92 Å². The highest BCUT2D eigenvalue weighted by atomic mass is 16.1. The summed E-state index contributed by atoms with van der Waals surface area (Å²) in [5, 5.41) is 5.55. The van der Waals surface area contributed by atoms with E-state index in [1.165, 1.54) is 34.0 Å². The quantitative estimate of drug-likeness (QED) is 0.694. The Kier molecular flexibility index (Phi) is 5.17. The van der Waals surface area contributed by atoms with Crippen LogP contribution in [0, 0.1) is 0 Å². The lowest BCUT2D eigenvalue weighted by molar-refractivity contribution is -0.114. The molecule has 2 aliphatic rings. The molecule has 1 aliphatic heterocycles. The van der Waals surface area contributed by atoms with Crippen LogP contribution in [-0.2, 0) is 11.2 Å². The number of carbonyl (C=O) groups is 1. The van der Waals surface area contributed by atoms with Gasteiger partial charge in [0.1, 0.15) is 0 Å². The molecule has 1 saturated heterocycles. The molecule has 0 aromatic heterocycles. The molecule has 0 saturated carbocycles. The highest BCUT2D eigenvalue weighted by Crippen LogP contribution is 2.36. The summed E-state index contributed by atoms with van der Waals surface area (Å²) in [6.07, 6.45) is 2.36. The predicted octanol–water partition coefficient (Wildman–Crippen LogP) is 4.65. The van der Waals surface area contributed by atoms with Crippen molar-refractivity contribution in [2.45, 2.75) is 25.7 Å². The van der Waals surface area contributed by atoms with Gasteiger partial charge in [0.25, 0.3) is 0 Å². The Hall–Kier alpha value is -2.85. The summed E-state index contributed by atoms with van der Waals surface area (Å²) in [5.74, 6) is 0.565. The number of nitrogens with zero attached hydrogens (tertiary/aromatic N) is 2. The molecule has 1 unspecified atom stereocenters. The van der Waals surface area contributed by atoms with Gasteiger partial charge < -0.3 is 10.2 Å². The van der Waals surface area contributed by atoms with Crippen LogP contribution in [0.5, 0.6) is 0 Å². The highest BCUT2D eigenvalue weighted by molar-refractivity contribution is 5.89. The van der Waals surface area contributed by atoms with Crippen LogP contribution in [-0.4, -0.2) is 43.5 Å². The van der Waals surface area contributed by atoms with Crippen molar-refractivity contribution in [1.82, 2.24) is 4.90 Å². The molecule has 4 heteroatoms. The van der Waals surface area contributed by atoms with Crippen LogP contribution >= 0.6 is 0 Å². The fraction of sp³-hybridized carbons (Fsp3) is 0.346. The summed E-state index contributed by atoms with van der Waals surface area (Å²) >= 11 is 0. The van der Waals surface area contributed by atoms with E-state index in [4.69, 9.17) is 0 Å². The first kappa shape index (κ1) is 19.1. The van der Waals surface area contributed by atoms with Gasteiger partial charge in [-0.1, -0.05) is 36.4 Å². The molecule has 1 aliphatic carbocycles. The lowest BCUT2D eigenvalue weighted by atomic mass is 9.99. The average Bonchev–Trinajstić information content (AvgIpc) is 3.15. The Labute approximate surface area is 178 Å². The van der Waals surface area contributed by atoms with Crippen molar-refractivity contribution in [2.75, 3.05) is 42.9 Å². The summed E-state index contributed by atoms with van der Waals surface area (Å²) in [6.45, 7) is 7.03. The van der Waals surface area contributed by atoms with Crippen LogP contribution in [0.15, 0.2) is 60.7 Å². The zero-order chi connectivity index (χ0) is 20.5. The maximum Gasteiger partial charge on any atom is 0.221 e. The van der Waals surface area contributed by atoms with Gasteiger partial charge in [-0.2, -0.15) is 0 Å². The number of nitrogens with one attached hydrogen (secondary N) is 1. The zero-order valence-corrected chi connectivity index (χ0v) is 17.6. The van der Waals surface area contributed by atoms with Crippen molar-refractivity contribution >= 4 is 28.1 Å². The average molecular weight is 400 g/mol. The van der Waals surface area contributed by atoms with Crippen molar-refractivity contribution in [2.24, 2.45) is 0 Å². The van der Waals surface area contributed by atoms with Gasteiger partial charge in [0.15, 0.2) is 0 Å². The molecule has 1 atom stereocenters. The Morgan fingerprint density at radius 3 is 2.57 bits per heavy atom. The van der Waals surface area contributed by atoms with Crippen molar-refractivity contribution in [1.29, 1.82) is 0 Å². The second-order valence-corrected chi connectivity index (χ2v) is 8.65. The molecule has 154 valence electrons. The number of benzene rings is 3. The fourth-order valence-electron chi connectivity index (χ4n) is 5.03. The fourth-order valence-corrected chi connectivity index (χ4v) is 5.03. The second kappa shape index (κ2) is 8.11. The minimum absolute atomic E-state index is 0.00527. The van der Waals surface area contributed by atoms with E-state index >= 15 is 0 Å². The maximum atomic E-state index is 11.4. The Morgan fingerprint density at radius 2 is 1.77 bits per heavy atom. The van der Waals surface area contributed by atoms with Crippen LogP contribution in [0.2, 0.25) is 0 Å². The molecule has 1 heterocycles. The number of aryl methyl sites for hydroxylation is 1. The van der Waals surface area contributed by atoms with E-state index in [-0.39, 0.29) is 5.91 Å². The van der Waals surface area contributed by atoms with Gasteiger partial charge in [0.2, 0.25) is 5.91 Å². The molecule has 0 radical (unpaired) electrons. The summed E-state index contributed by atoms with van der Waals surface area (Å²) in [6, 6.07) is 21.8. The van der Waals surface area contributed by atoms with Crippen LogP contribution in [0.4, 0.5) is 11.4 Å². The van der Waals surface area contributed by atoms with Gasteiger partial charge >= 0.3 is 0 Å². The predicted molar refractivity (Wildman–Crippen MR) is 124 cm³/mol. The Morgan fingerprint density at radius 1 is 0.967 bits per heavy atom. The van der Waals surface area contributed by atoms with Gasteiger partial charge in [-0.05, 0) is 64.9 Å². The minimum atomic E-state index is -0.00527. The van der Waals surface area contributed by atoms with Crippen molar-refractivity contribution in [3.8, 4) is 0 Å². The molecule has 1 N–H and O–H groups in total. The van der Waals surface area contributed by atoms with Crippen LogP contribution in [0.25, 0.3) is 10.8 Å². The first-order valence-electron chi connectivity index (χ1n) is 11.0. The van der Waals surface area contributed by atoms with Crippen molar-refractivity contribution in [3.63, 3.8) is 0 Å². The number of carbonyl (C=O) groups excluding carboxylic acids is 1. The number of anilines is 2. The third kappa shape index (κ3) is 3.92. The first-order chi connectivity index (χ1) is 14.7. The number of fused-ring (bicyclic) bond motifs is 2. The summed E-state index contributed by atoms with van der Waals surface area (Å²) < 4.78 is 0. The van der Waals surface area contributed by atoms with Crippen molar-refractivity contribution < 1.29 is 4.79 Å². The second-order valence-electron chi connectivity index (χ2n) is 8.65. The lowest BCUT2D eigenvalue weighted by Crippen LogP contribution is -2.47. The molecule has 0 bridgehead atoms. The van der Waals surface area contributed by atoms with Crippen LogP contribution in [0.1, 0.15) is 30.4 Å². The third-order valence-electron chi connectivity index (χ3n) is 6.62. The van der Waals surface area contributed by atoms with Gasteiger partial charge in [-0.3, -0.25) is 9.69 Å². The molecule has 3 aromatic rings. The molecule has 0 spiro atoms. The monoisotopic (exact) mass is 399 g/mol. The van der Waals surface area contributed by atoms with E-state index in [0.717, 1.165) is 44.8 Å². The normalized spacial score (nSPS) is 19.1. The molecule has 5 rings (SSSR count). The maximum absolute atomic E-state index is 11.4. The van der Waals surface area contributed by atoms with Crippen molar-refractivity contribution in [3.05, 3.63) is 71.8 Å². The lowest BCUT2D eigenvalue weighted by Gasteiger charge is -2.37. The zero-order valence-electron chi connectivity index (χ0n) is 17.6. The van der Waals surface area contributed by atoms with Gasteiger partial charge in [0.05, 0.1) is 0 Å². The number of rotatable bonds is 4. The Bertz CT molecular complexity index is 1070. The molecule has 30 heavy (non-hydrogen) atoms. The molecular weight excluding hydrogens is 370 g/mol. The number of hydrogen-bond donors (Lipinski definition) is 1. The van der Waals surface area contributed by atoms with Crippen LogP contribution in [0.3, 0.4) is 0 Å². The minimum Gasteiger partial charge on any atom is -0.369 e. The van der Waals surface area contributed by atoms with E-state index in [1.807, 2.05) is 6.07 Å². The van der Waals surface area contributed by atoms with E-state index in [2.05, 4.69) is 69.7 Å². The highest BCUT2D eigenvalue weighted by Gasteiger charge is 2.27. The molecule has 3 aromatic carbocycles. The van der Waals surface area contributed by atoms with E-state index < -0.39 is 0 Å². The van der Waals surface area contributed by atoms with Gasteiger partial charge in [-0.15, -0.1) is 0 Å². The summed E-state index contributed by atoms with van der Waals surface area (Å²) in [4.78, 5) is 16.5. The standard InChI is InChI=1S/C26H29N3O/c1-19(30)27-24-10-8-21-6-7-23(26(21)17-24)18-28-12-14-29(15-13-28)25-11-9-20-4-2-3-5-22(20)16-25/h2-5,8-11,16-17,23H,6-7,12-15,18H2,1H3,(H,27,30). The van der Waals surface area contributed by atoms with E-state index in [0.29, 0.717) is 5.92 Å². The summed E-state index contributed by atoms with van der Waals surface area (Å²) in [5.41, 5.74) is 5.14. The molecular formula is C26H29N3O. The topological polar surface area (TPSA) is 35.6 Å². The number of piperazine rings is 1. The first-order valence-corrected chi connectivity index (χ1v) is 11.0. The molecule has 1 amide bonds.